The van der Waals surface area contributed by atoms with Crippen LogP contribution in [0.3, 0.4) is 0 Å². The number of nitrogens with two attached hydrogens (primary N) is 1. The van der Waals surface area contributed by atoms with Gasteiger partial charge in [-0.05, 0) is 36.8 Å². The highest BCUT2D eigenvalue weighted by Gasteiger charge is 2.31. The van der Waals surface area contributed by atoms with Gasteiger partial charge in [0.2, 0.25) is 11.7 Å². The maximum absolute atomic E-state index is 12.1. The van der Waals surface area contributed by atoms with E-state index in [-0.39, 0.29) is 24.4 Å². The van der Waals surface area contributed by atoms with E-state index in [9.17, 15) is 4.79 Å². The zero-order valence-corrected chi connectivity index (χ0v) is 15.3. The van der Waals surface area contributed by atoms with Gasteiger partial charge in [0, 0.05) is 19.0 Å². The number of ether oxygens (including phenoxy) is 3. The number of hydrogen-bond acceptors (Lipinski definition) is 5. The Labute approximate surface area is 149 Å². The van der Waals surface area contributed by atoms with Crippen molar-refractivity contribution in [2.45, 2.75) is 31.7 Å². The number of amides is 1. The zero-order valence-electron chi connectivity index (χ0n) is 14.5. The predicted molar refractivity (Wildman–Crippen MR) is 95.4 cm³/mol. The summed E-state index contributed by atoms with van der Waals surface area (Å²) < 4.78 is 16.1. The van der Waals surface area contributed by atoms with Crippen molar-refractivity contribution in [1.82, 2.24) is 5.32 Å². The number of rotatable bonds is 9. The molecule has 1 fully saturated rings. The number of carbonyl (C=O) groups excluding carboxylic acids is 1. The summed E-state index contributed by atoms with van der Waals surface area (Å²) in [6, 6.07) is 3.82. The van der Waals surface area contributed by atoms with Crippen molar-refractivity contribution < 1.29 is 19.0 Å². The van der Waals surface area contributed by atoms with Gasteiger partial charge in [0.05, 0.1) is 21.3 Å². The summed E-state index contributed by atoms with van der Waals surface area (Å²) in [4.78, 5) is 12.1. The molecule has 1 aliphatic rings. The molecule has 0 aromatic heterocycles. The number of methoxy groups -OCH3 is 3. The molecule has 2 rings (SSSR count). The quantitative estimate of drug-likeness (QED) is 0.704. The van der Waals surface area contributed by atoms with E-state index in [1.165, 1.54) is 0 Å². The lowest BCUT2D eigenvalue weighted by Gasteiger charge is -2.17. The first-order valence-electron chi connectivity index (χ1n) is 7.91. The van der Waals surface area contributed by atoms with Crippen LogP contribution in [-0.4, -0.2) is 39.8 Å². The van der Waals surface area contributed by atoms with E-state index in [0.717, 1.165) is 18.4 Å². The van der Waals surface area contributed by atoms with Crippen LogP contribution in [0.15, 0.2) is 12.1 Å². The minimum atomic E-state index is 0. The third-order valence-electron chi connectivity index (χ3n) is 4.20. The molecule has 1 aromatic carbocycles. The first-order chi connectivity index (χ1) is 11.1. The summed E-state index contributed by atoms with van der Waals surface area (Å²) >= 11 is 0. The third-order valence-corrected chi connectivity index (χ3v) is 4.20. The maximum atomic E-state index is 12.1. The van der Waals surface area contributed by atoms with Crippen molar-refractivity contribution in [1.29, 1.82) is 0 Å². The maximum Gasteiger partial charge on any atom is 0.220 e. The van der Waals surface area contributed by atoms with Gasteiger partial charge < -0.3 is 25.3 Å². The zero-order chi connectivity index (χ0) is 16.8. The lowest BCUT2D eigenvalue weighted by molar-refractivity contribution is -0.121. The Bertz CT molecular complexity index is 550. The highest BCUT2D eigenvalue weighted by Crippen LogP contribution is 2.40. The molecule has 1 saturated carbocycles. The number of hydrogen-bond donors (Lipinski definition) is 2. The van der Waals surface area contributed by atoms with Crippen molar-refractivity contribution in [3.63, 3.8) is 0 Å². The average molecular weight is 359 g/mol. The molecule has 1 amide bonds. The lowest BCUT2D eigenvalue weighted by Crippen LogP contribution is -2.41. The molecule has 3 N–H and O–H groups in total. The summed E-state index contributed by atoms with van der Waals surface area (Å²) in [7, 11) is 4.73. The Balaban J connectivity index is 0.00000288. The largest absolute Gasteiger partial charge is 0.493 e. The monoisotopic (exact) mass is 358 g/mol. The molecule has 0 spiro atoms. The van der Waals surface area contributed by atoms with E-state index in [1.54, 1.807) is 21.3 Å². The number of benzene rings is 1. The van der Waals surface area contributed by atoms with E-state index in [0.29, 0.717) is 42.6 Å². The van der Waals surface area contributed by atoms with Crippen LogP contribution in [0.25, 0.3) is 0 Å². The van der Waals surface area contributed by atoms with Crippen LogP contribution in [0.4, 0.5) is 0 Å². The van der Waals surface area contributed by atoms with Crippen LogP contribution in [0.5, 0.6) is 17.2 Å². The van der Waals surface area contributed by atoms with Gasteiger partial charge in [0.15, 0.2) is 11.5 Å². The van der Waals surface area contributed by atoms with Gasteiger partial charge in [0.25, 0.3) is 0 Å². The molecule has 7 heteroatoms. The smallest absolute Gasteiger partial charge is 0.220 e. The topological polar surface area (TPSA) is 82.8 Å². The van der Waals surface area contributed by atoms with Gasteiger partial charge in [-0.25, -0.2) is 0 Å². The van der Waals surface area contributed by atoms with Crippen LogP contribution >= 0.6 is 12.4 Å². The fraction of sp³-hybridized carbons (Fsp3) is 0.588. The fourth-order valence-corrected chi connectivity index (χ4v) is 2.76. The van der Waals surface area contributed by atoms with Crippen molar-refractivity contribution in [3.8, 4) is 17.2 Å². The Hall–Kier alpha value is -1.66. The molecule has 1 aromatic rings. The third kappa shape index (κ3) is 4.92. The van der Waals surface area contributed by atoms with Gasteiger partial charge in [-0.3, -0.25) is 4.79 Å². The van der Waals surface area contributed by atoms with Gasteiger partial charge in [-0.1, -0.05) is 6.07 Å². The number of nitrogens with one attached hydrogen (secondary N) is 1. The van der Waals surface area contributed by atoms with Crippen molar-refractivity contribution >= 4 is 18.3 Å². The second-order valence-corrected chi connectivity index (χ2v) is 5.74. The number of halogens is 1. The van der Waals surface area contributed by atoms with Gasteiger partial charge in [-0.15, -0.1) is 12.4 Å². The molecule has 0 saturated heterocycles. The SMILES string of the molecule is COc1ccc(CCC(=O)NC(CN)C2CC2)c(OC)c1OC.Cl. The van der Waals surface area contributed by atoms with Gasteiger partial charge in [0.1, 0.15) is 0 Å². The summed E-state index contributed by atoms with van der Waals surface area (Å²) in [6.07, 6.45) is 3.27. The van der Waals surface area contributed by atoms with E-state index >= 15 is 0 Å². The second-order valence-electron chi connectivity index (χ2n) is 5.74. The molecular formula is C17H27ClN2O4. The van der Waals surface area contributed by atoms with Crippen LogP contribution in [0.1, 0.15) is 24.8 Å². The van der Waals surface area contributed by atoms with Crippen molar-refractivity contribution in [2.75, 3.05) is 27.9 Å². The highest BCUT2D eigenvalue weighted by atomic mass is 35.5. The van der Waals surface area contributed by atoms with Crippen LogP contribution in [0, 0.1) is 5.92 Å². The van der Waals surface area contributed by atoms with E-state index < -0.39 is 0 Å². The summed E-state index contributed by atoms with van der Waals surface area (Å²) in [5.41, 5.74) is 6.63. The normalized spacial score (nSPS) is 14.3. The van der Waals surface area contributed by atoms with Crippen molar-refractivity contribution in [2.24, 2.45) is 11.7 Å². The molecule has 136 valence electrons. The first-order valence-corrected chi connectivity index (χ1v) is 7.91. The summed E-state index contributed by atoms with van der Waals surface area (Å²) in [6.45, 7) is 0.496. The molecule has 0 bridgehead atoms. The Morgan fingerprint density at radius 2 is 1.88 bits per heavy atom. The molecule has 0 radical (unpaired) electrons. The van der Waals surface area contributed by atoms with E-state index in [4.69, 9.17) is 19.9 Å². The average Bonchev–Trinajstić information content (AvgIpc) is 3.41. The molecule has 6 nitrogen and oxygen atoms in total. The molecule has 0 heterocycles. The molecule has 0 aliphatic heterocycles. The van der Waals surface area contributed by atoms with Crippen molar-refractivity contribution in [3.05, 3.63) is 17.7 Å². The number of aryl methyl sites for hydroxylation is 1. The van der Waals surface area contributed by atoms with Crippen LogP contribution in [-0.2, 0) is 11.2 Å². The molecule has 1 unspecified atom stereocenters. The first kappa shape index (κ1) is 20.4. The van der Waals surface area contributed by atoms with Gasteiger partial charge >= 0.3 is 0 Å². The Morgan fingerprint density at radius 1 is 1.21 bits per heavy atom. The van der Waals surface area contributed by atoms with E-state index in [2.05, 4.69) is 5.32 Å². The molecule has 1 aliphatic carbocycles. The van der Waals surface area contributed by atoms with E-state index in [1.807, 2.05) is 12.1 Å². The van der Waals surface area contributed by atoms with Gasteiger partial charge in [-0.2, -0.15) is 0 Å². The summed E-state index contributed by atoms with van der Waals surface area (Å²) in [5.74, 6) is 2.33. The molecular weight excluding hydrogens is 332 g/mol. The number of carbonyl (C=O) groups is 1. The fourth-order valence-electron chi connectivity index (χ4n) is 2.76. The van der Waals surface area contributed by atoms with Crippen LogP contribution in [0.2, 0.25) is 0 Å². The second kappa shape index (κ2) is 9.59. The highest BCUT2D eigenvalue weighted by molar-refractivity contribution is 5.85. The predicted octanol–water partition coefficient (Wildman–Crippen LogP) is 1.92. The summed E-state index contributed by atoms with van der Waals surface area (Å²) in [5, 5.41) is 3.03. The molecule has 1 atom stereocenters. The minimum Gasteiger partial charge on any atom is -0.493 e. The minimum absolute atomic E-state index is 0. The Morgan fingerprint density at radius 3 is 2.38 bits per heavy atom. The lowest BCUT2D eigenvalue weighted by atomic mass is 10.1. The Kier molecular flexibility index (Phi) is 8.15. The van der Waals surface area contributed by atoms with Crippen LogP contribution < -0.4 is 25.3 Å². The molecule has 24 heavy (non-hydrogen) atoms. The standard InChI is InChI=1S/C17H26N2O4.ClH/c1-21-14-8-6-12(16(22-2)17(14)23-3)7-9-15(20)19-13(10-18)11-4-5-11;/h6,8,11,13H,4-5,7,9-10,18H2,1-3H3,(H,19,20);1H.